The maximum atomic E-state index is 11.0. The van der Waals surface area contributed by atoms with Crippen molar-refractivity contribution in [2.45, 2.75) is 6.92 Å². The van der Waals surface area contributed by atoms with Gasteiger partial charge in [-0.05, 0) is 24.6 Å². The molecule has 0 unspecified atom stereocenters. The molecule has 4 heteroatoms. The molecule has 0 bridgehead atoms. The van der Waals surface area contributed by atoms with Crippen molar-refractivity contribution < 1.29 is 14.3 Å². The molecule has 0 saturated carbocycles. The van der Waals surface area contributed by atoms with Crippen molar-refractivity contribution in [1.29, 1.82) is 0 Å². The molecular weight excluding hydrogens is 194 g/mol. The summed E-state index contributed by atoms with van der Waals surface area (Å²) in [6, 6.07) is 3.53. The van der Waals surface area contributed by atoms with Crippen LogP contribution >= 0.6 is 0 Å². The molecule has 1 heterocycles. The highest BCUT2D eigenvalue weighted by Crippen LogP contribution is 2.07. The number of methoxy groups -OCH3 is 1. The van der Waals surface area contributed by atoms with E-state index in [1.807, 2.05) is 6.07 Å². The van der Waals surface area contributed by atoms with E-state index < -0.39 is 0 Å². The summed E-state index contributed by atoms with van der Waals surface area (Å²) in [5.41, 5.74) is 0.823. The molecule has 0 N–H and O–H groups in total. The lowest BCUT2D eigenvalue weighted by atomic mass is 10.2. The molecule has 80 valence electrons. The Hall–Kier alpha value is -1.84. The smallest absolute Gasteiger partial charge is 0.330 e. The minimum atomic E-state index is -0.353. The van der Waals surface area contributed by atoms with Crippen molar-refractivity contribution >= 4 is 12.0 Å². The molecule has 0 radical (unpaired) electrons. The minimum Gasteiger partial charge on any atom is -0.481 e. The van der Waals surface area contributed by atoms with Gasteiger partial charge in [-0.1, -0.05) is 0 Å². The van der Waals surface area contributed by atoms with Gasteiger partial charge in [-0.2, -0.15) is 0 Å². The SMILES string of the molecule is CCOC(=O)C=Cc1ccc(OC)nc1. The van der Waals surface area contributed by atoms with Crippen molar-refractivity contribution in [3.05, 3.63) is 30.0 Å². The second kappa shape index (κ2) is 5.80. The maximum absolute atomic E-state index is 11.0. The van der Waals surface area contributed by atoms with Gasteiger partial charge in [0.15, 0.2) is 0 Å². The van der Waals surface area contributed by atoms with Crippen molar-refractivity contribution in [2.24, 2.45) is 0 Å². The van der Waals surface area contributed by atoms with E-state index in [0.717, 1.165) is 5.56 Å². The third kappa shape index (κ3) is 3.81. The number of hydrogen-bond acceptors (Lipinski definition) is 4. The van der Waals surface area contributed by atoms with Crippen molar-refractivity contribution in [3.63, 3.8) is 0 Å². The molecule has 4 nitrogen and oxygen atoms in total. The summed E-state index contributed by atoms with van der Waals surface area (Å²) < 4.78 is 9.64. The van der Waals surface area contributed by atoms with Gasteiger partial charge in [0.05, 0.1) is 13.7 Å². The molecule has 0 aliphatic rings. The summed E-state index contributed by atoms with van der Waals surface area (Å²) in [6.45, 7) is 2.14. The third-order valence-electron chi connectivity index (χ3n) is 1.67. The monoisotopic (exact) mass is 207 g/mol. The first-order valence-corrected chi connectivity index (χ1v) is 4.61. The average Bonchev–Trinajstić information content (AvgIpc) is 2.27. The normalized spacial score (nSPS) is 10.3. The van der Waals surface area contributed by atoms with Gasteiger partial charge in [-0.15, -0.1) is 0 Å². The average molecular weight is 207 g/mol. The highest BCUT2D eigenvalue weighted by atomic mass is 16.5. The molecule has 0 saturated heterocycles. The topological polar surface area (TPSA) is 48.4 Å². The Kier molecular flexibility index (Phi) is 4.34. The number of nitrogens with zero attached hydrogens (tertiary/aromatic N) is 1. The van der Waals surface area contributed by atoms with Crippen LogP contribution in [0.5, 0.6) is 5.88 Å². The summed E-state index contributed by atoms with van der Waals surface area (Å²) >= 11 is 0. The van der Waals surface area contributed by atoms with Gasteiger partial charge >= 0.3 is 5.97 Å². The van der Waals surface area contributed by atoms with E-state index in [4.69, 9.17) is 9.47 Å². The lowest BCUT2D eigenvalue weighted by Gasteiger charge is -1.98. The minimum absolute atomic E-state index is 0.353. The molecule has 15 heavy (non-hydrogen) atoms. The summed E-state index contributed by atoms with van der Waals surface area (Å²) in [6.07, 6.45) is 4.63. The van der Waals surface area contributed by atoms with Crippen LogP contribution in [0.3, 0.4) is 0 Å². The predicted octanol–water partition coefficient (Wildman–Crippen LogP) is 1.67. The van der Waals surface area contributed by atoms with Crippen LogP contribution in [0, 0.1) is 0 Å². The Balaban J connectivity index is 2.60. The van der Waals surface area contributed by atoms with Crippen LogP contribution in [0.25, 0.3) is 6.08 Å². The quantitative estimate of drug-likeness (QED) is 0.556. The molecule has 0 atom stereocenters. The summed E-state index contributed by atoms with van der Waals surface area (Å²) in [7, 11) is 1.55. The van der Waals surface area contributed by atoms with Crippen LogP contribution in [0.15, 0.2) is 24.4 Å². The van der Waals surface area contributed by atoms with Crippen LogP contribution in [-0.4, -0.2) is 24.7 Å². The first-order valence-electron chi connectivity index (χ1n) is 4.61. The van der Waals surface area contributed by atoms with E-state index in [1.54, 1.807) is 32.4 Å². The van der Waals surface area contributed by atoms with Crippen LogP contribution in [0.4, 0.5) is 0 Å². The summed E-state index contributed by atoms with van der Waals surface area (Å²) in [5.74, 6) is 0.191. The molecule has 0 amide bonds. The van der Waals surface area contributed by atoms with E-state index in [1.165, 1.54) is 6.08 Å². The molecule has 0 aromatic carbocycles. The first-order chi connectivity index (χ1) is 7.26. The molecule has 0 fully saturated rings. The maximum Gasteiger partial charge on any atom is 0.330 e. The molecule has 1 aromatic heterocycles. The van der Waals surface area contributed by atoms with Gasteiger partial charge in [0, 0.05) is 18.3 Å². The Labute approximate surface area is 88.5 Å². The van der Waals surface area contributed by atoms with Crippen LogP contribution in [0.2, 0.25) is 0 Å². The summed E-state index contributed by atoms with van der Waals surface area (Å²) in [5, 5.41) is 0. The number of pyridine rings is 1. The molecule has 0 spiro atoms. The lowest BCUT2D eigenvalue weighted by molar-refractivity contribution is -0.137. The van der Waals surface area contributed by atoms with E-state index in [2.05, 4.69) is 4.98 Å². The van der Waals surface area contributed by atoms with E-state index in [0.29, 0.717) is 12.5 Å². The highest BCUT2D eigenvalue weighted by Gasteiger charge is 1.95. The van der Waals surface area contributed by atoms with Gasteiger partial charge in [0.25, 0.3) is 0 Å². The fourth-order valence-electron chi connectivity index (χ4n) is 0.966. The number of aromatic nitrogens is 1. The van der Waals surface area contributed by atoms with Crippen LogP contribution in [0.1, 0.15) is 12.5 Å². The Morgan fingerprint density at radius 2 is 2.33 bits per heavy atom. The van der Waals surface area contributed by atoms with E-state index in [9.17, 15) is 4.79 Å². The van der Waals surface area contributed by atoms with E-state index in [-0.39, 0.29) is 5.97 Å². The van der Waals surface area contributed by atoms with Gasteiger partial charge in [0.1, 0.15) is 0 Å². The van der Waals surface area contributed by atoms with Crippen LogP contribution < -0.4 is 4.74 Å². The van der Waals surface area contributed by atoms with Gasteiger partial charge in [0.2, 0.25) is 5.88 Å². The fourth-order valence-corrected chi connectivity index (χ4v) is 0.966. The number of hydrogen-bond donors (Lipinski definition) is 0. The Morgan fingerprint density at radius 1 is 1.53 bits per heavy atom. The molecule has 1 aromatic rings. The van der Waals surface area contributed by atoms with Crippen molar-refractivity contribution in [3.8, 4) is 5.88 Å². The highest BCUT2D eigenvalue weighted by molar-refractivity contribution is 5.86. The van der Waals surface area contributed by atoms with E-state index >= 15 is 0 Å². The molecule has 0 aliphatic carbocycles. The van der Waals surface area contributed by atoms with Gasteiger partial charge in [-0.3, -0.25) is 0 Å². The van der Waals surface area contributed by atoms with Gasteiger partial charge < -0.3 is 9.47 Å². The van der Waals surface area contributed by atoms with Crippen molar-refractivity contribution in [2.75, 3.05) is 13.7 Å². The lowest BCUT2D eigenvalue weighted by Crippen LogP contribution is -1.98. The standard InChI is InChI=1S/C11H13NO3/c1-3-15-11(13)7-5-9-4-6-10(14-2)12-8-9/h4-8H,3H2,1-2H3. The van der Waals surface area contributed by atoms with Gasteiger partial charge in [-0.25, -0.2) is 9.78 Å². The molecule has 1 rings (SSSR count). The summed E-state index contributed by atoms with van der Waals surface area (Å²) in [4.78, 5) is 15.0. The molecular formula is C11H13NO3. The largest absolute Gasteiger partial charge is 0.481 e. The number of carbonyl (C=O) groups is 1. The second-order valence-electron chi connectivity index (χ2n) is 2.72. The fraction of sp³-hybridized carbons (Fsp3) is 0.273. The predicted molar refractivity (Wildman–Crippen MR) is 56.5 cm³/mol. The number of carbonyl (C=O) groups excluding carboxylic acids is 1. The number of rotatable bonds is 4. The Morgan fingerprint density at radius 3 is 2.87 bits per heavy atom. The third-order valence-corrected chi connectivity index (χ3v) is 1.67. The van der Waals surface area contributed by atoms with Crippen molar-refractivity contribution in [1.82, 2.24) is 4.98 Å². The zero-order valence-corrected chi connectivity index (χ0v) is 8.77. The molecule has 0 aliphatic heterocycles. The zero-order valence-electron chi connectivity index (χ0n) is 8.77. The second-order valence-corrected chi connectivity index (χ2v) is 2.72. The number of ether oxygens (including phenoxy) is 2. The zero-order chi connectivity index (χ0) is 11.1. The van der Waals surface area contributed by atoms with Crippen LogP contribution in [-0.2, 0) is 9.53 Å². The Bertz CT molecular complexity index is 343. The number of esters is 1. The first kappa shape index (κ1) is 11.2.